The van der Waals surface area contributed by atoms with Gasteiger partial charge >= 0.3 is 12.1 Å². The summed E-state index contributed by atoms with van der Waals surface area (Å²) in [7, 11) is 3.00. The minimum atomic E-state index is -0.371. The number of aromatic hydroxyl groups is 1. The van der Waals surface area contributed by atoms with Gasteiger partial charge in [-0.25, -0.2) is 9.97 Å². The lowest BCUT2D eigenvalue weighted by Crippen LogP contribution is -2.08. The fraction of sp³-hybridized carbons (Fsp3) is 0.119. The average molecular weight is 864 g/mol. The summed E-state index contributed by atoms with van der Waals surface area (Å²) < 4.78 is 18.8. The van der Waals surface area contributed by atoms with Crippen LogP contribution in [0, 0.1) is 0 Å². The number of nitrogens with zero attached hydrogens (tertiary/aromatic N) is 4. The molecule has 308 valence electrons. The van der Waals surface area contributed by atoms with Crippen molar-refractivity contribution >= 4 is 77.4 Å². The van der Waals surface area contributed by atoms with Crippen molar-refractivity contribution in [1.29, 1.82) is 0 Å². The van der Waals surface area contributed by atoms with Gasteiger partial charge in [0.25, 0.3) is 0 Å². The molecule has 6 aromatic rings. The molecule has 0 aliphatic carbocycles. The highest BCUT2D eigenvalue weighted by Gasteiger charge is 2.07. The van der Waals surface area contributed by atoms with Crippen LogP contribution in [0.4, 0.5) is 11.6 Å². The van der Waals surface area contributed by atoms with E-state index < -0.39 is 0 Å². The Morgan fingerprint density at radius 3 is 1.90 bits per heavy atom. The Balaban J connectivity index is 0.000000317. The minimum Gasteiger partial charge on any atom is -0.504 e. The van der Waals surface area contributed by atoms with E-state index in [-0.39, 0.29) is 36.2 Å². The van der Waals surface area contributed by atoms with Crippen LogP contribution in [0.2, 0.25) is 10.0 Å². The van der Waals surface area contributed by atoms with Crippen LogP contribution in [0.3, 0.4) is 0 Å². The SMILES string of the molecule is C=Cc1ccc(OC)c(OC(C)=O)c1.COc1ccc(/C=C/C(=O)Nc2cn(Cc3cccc(Cl)c3)cn2)cc1O.Cl.Nc1cn(Cc2cccc(Cl)c2)cn1.O=C=O. The highest BCUT2D eigenvalue weighted by molar-refractivity contribution is 6.30. The Hall–Kier alpha value is -6.83. The molecular weight excluding hydrogens is 823 g/mol. The van der Waals surface area contributed by atoms with Gasteiger partial charge in [-0.2, -0.15) is 9.59 Å². The van der Waals surface area contributed by atoms with Crippen LogP contribution in [0.25, 0.3) is 12.2 Å². The number of benzene rings is 4. The molecule has 0 radical (unpaired) electrons. The van der Waals surface area contributed by atoms with Crippen LogP contribution < -0.4 is 25.3 Å². The number of ether oxygens (including phenoxy) is 3. The van der Waals surface area contributed by atoms with Crippen LogP contribution >= 0.6 is 35.6 Å². The first kappa shape index (κ1) is 48.3. The summed E-state index contributed by atoms with van der Waals surface area (Å²) in [5.74, 6) is 1.63. The molecule has 4 N–H and O–H groups in total. The van der Waals surface area contributed by atoms with Gasteiger partial charge in [0.1, 0.15) is 5.82 Å². The summed E-state index contributed by atoms with van der Waals surface area (Å²) in [6, 6.07) is 25.4. The number of anilines is 2. The predicted octanol–water partition coefficient (Wildman–Crippen LogP) is 8.22. The van der Waals surface area contributed by atoms with E-state index in [1.807, 2.05) is 63.7 Å². The lowest BCUT2D eigenvalue weighted by atomic mass is 10.2. The summed E-state index contributed by atoms with van der Waals surface area (Å²) >= 11 is 11.9. The van der Waals surface area contributed by atoms with Crippen molar-refractivity contribution in [1.82, 2.24) is 19.1 Å². The average Bonchev–Trinajstić information content (AvgIpc) is 3.81. The highest BCUT2D eigenvalue weighted by Crippen LogP contribution is 2.29. The number of phenolic OH excluding ortho intramolecular Hbond substituents is 1. The molecule has 6 rings (SSSR count). The molecular formula is C42H41Cl3N6O8. The fourth-order valence-corrected chi connectivity index (χ4v) is 5.30. The highest BCUT2D eigenvalue weighted by atomic mass is 35.5. The van der Waals surface area contributed by atoms with Crippen molar-refractivity contribution in [3.05, 3.63) is 155 Å². The number of phenols is 1. The van der Waals surface area contributed by atoms with Crippen LogP contribution in [0.15, 0.2) is 123 Å². The Morgan fingerprint density at radius 2 is 1.39 bits per heavy atom. The van der Waals surface area contributed by atoms with Crippen molar-refractivity contribution < 1.29 is 38.5 Å². The van der Waals surface area contributed by atoms with Gasteiger partial charge in [0.2, 0.25) is 5.91 Å². The standard InChI is InChI=1S/C20H18ClN3O3.C11H12O3.C10H10ClN3.CO2.ClH/c1-27-18-7-5-14(10-17(18)25)6-8-20(26)23-19-12-24(13-22-19)11-15-3-2-4-16(21)9-15;1-4-9-5-6-10(13-3)11(7-9)14-8(2)12;11-9-3-1-2-8(4-9)5-14-6-10(12)13-7-14;2-1-3;/h2-10,12-13,25H,11H2,1H3,(H,23,26);4-7H,1H2,2-3H3;1-4,6-7H,5,12H2;;1H/b8-6+;;;;. The number of carbonyl (C=O) groups is 2. The molecule has 14 nitrogen and oxygen atoms in total. The molecule has 17 heteroatoms. The molecule has 4 aromatic carbocycles. The number of nitrogen functional groups attached to an aromatic ring is 1. The molecule has 2 heterocycles. The second-order valence-electron chi connectivity index (χ2n) is 11.7. The van der Waals surface area contributed by atoms with Gasteiger partial charge in [0.05, 0.1) is 26.9 Å². The number of amides is 1. The Labute approximate surface area is 356 Å². The third kappa shape index (κ3) is 17.5. The van der Waals surface area contributed by atoms with E-state index in [0.717, 1.165) is 28.3 Å². The zero-order chi connectivity index (χ0) is 42.5. The number of hydrogen-bond donors (Lipinski definition) is 3. The smallest absolute Gasteiger partial charge is 0.373 e. The minimum absolute atomic E-state index is 0. The maximum absolute atomic E-state index is 12.1. The number of methoxy groups -OCH3 is 2. The number of nitrogens with one attached hydrogen (secondary N) is 1. The number of nitrogens with two attached hydrogens (primary N) is 1. The molecule has 0 saturated carbocycles. The second-order valence-corrected chi connectivity index (χ2v) is 12.6. The maximum atomic E-state index is 12.1. The molecule has 59 heavy (non-hydrogen) atoms. The summed E-state index contributed by atoms with van der Waals surface area (Å²) in [5.41, 5.74) is 9.23. The van der Waals surface area contributed by atoms with Crippen LogP contribution in [-0.2, 0) is 32.3 Å². The van der Waals surface area contributed by atoms with E-state index in [1.54, 1.807) is 61.5 Å². The van der Waals surface area contributed by atoms with E-state index in [9.17, 15) is 14.7 Å². The van der Waals surface area contributed by atoms with Gasteiger partial charge in [-0.05, 0) is 76.9 Å². The van der Waals surface area contributed by atoms with Crippen molar-refractivity contribution in [2.45, 2.75) is 20.0 Å². The monoisotopic (exact) mass is 862 g/mol. The van der Waals surface area contributed by atoms with Gasteiger partial charge in [0.15, 0.2) is 28.8 Å². The number of carbonyl (C=O) groups excluding carboxylic acids is 4. The Morgan fingerprint density at radius 1 is 0.831 bits per heavy atom. The van der Waals surface area contributed by atoms with Gasteiger partial charge in [-0.3, -0.25) is 9.59 Å². The number of aromatic nitrogens is 4. The largest absolute Gasteiger partial charge is 0.504 e. The molecule has 0 spiro atoms. The summed E-state index contributed by atoms with van der Waals surface area (Å²) in [5, 5.41) is 13.9. The second kappa shape index (κ2) is 25.4. The van der Waals surface area contributed by atoms with E-state index in [0.29, 0.717) is 46.0 Å². The predicted molar refractivity (Wildman–Crippen MR) is 229 cm³/mol. The molecule has 0 aliphatic rings. The van der Waals surface area contributed by atoms with Crippen LogP contribution in [0.1, 0.15) is 29.2 Å². The van der Waals surface area contributed by atoms with E-state index in [2.05, 4.69) is 21.9 Å². The van der Waals surface area contributed by atoms with E-state index >= 15 is 0 Å². The molecule has 0 fully saturated rings. The molecule has 0 bridgehead atoms. The van der Waals surface area contributed by atoms with Crippen molar-refractivity contribution in [2.75, 3.05) is 25.3 Å². The summed E-state index contributed by atoms with van der Waals surface area (Å²) in [6.07, 6.45) is 11.8. The normalized spacial score (nSPS) is 9.78. The lowest BCUT2D eigenvalue weighted by molar-refractivity contribution is -0.191. The first-order valence-corrected chi connectivity index (χ1v) is 17.7. The maximum Gasteiger partial charge on any atom is 0.373 e. The fourth-order valence-electron chi connectivity index (χ4n) is 4.87. The number of hydrogen-bond acceptors (Lipinski definition) is 11. The molecule has 0 saturated heterocycles. The number of halogens is 3. The van der Waals surface area contributed by atoms with E-state index in [4.69, 9.17) is 52.7 Å². The zero-order valence-corrected chi connectivity index (χ0v) is 34.4. The number of esters is 1. The molecule has 1 amide bonds. The van der Waals surface area contributed by atoms with Gasteiger partial charge in [-0.15, -0.1) is 12.4 Å². The van der Waals surface area contributed by atoms with Crippen LogP contribution in [0.5, 0.6) is 23.0 Å². The van der Waals surface area contributed by atoms with Crippen molar-refractivity contribution in [3.63, 3.8) is 0 Å². The lowest BCUT2D eigenvalue weighted by Gasteiger charge is -2.08. The summed E-state index contributed by atoms with van der Waals surface area (Å²) in [6.45, 7) is 6.32. The topological polar surface area (TPSA) is 190 Å². The number of imidazole rings is 2. The molecule has 0 unspecified atom stereocenters. The van der Waals surface area contributed by atoms with E-state index in [1.165, 1.54) is 33.3 Å². The Kier molecular flexibility index (Phi) is 20.8. The van der Waals surface area contributed by atoms with Gasteiger partial charge < -0.3 is 39.5 Å². The van der Waals surface area contributed by atoms with Crippen LogP contribution in [-0.4, -0.2) is 56.5 Å². The molecule has 0 aliphatic heterocycles. The van der Waals surface area contributed by atoms with Crippen molar-refractivity contribution in [2.24, 2.45) is 0 Å². The third-order valence-corrected chi connectivity index (χ3v) is 7.82. The zero-order valence-electron chi connectivity index (χ0n) is 32.1. The quantitative estimate of drug-likeness (QED) is 0.0647. The third-order valence-electron chi connectivity index (χ3n) is 7.35. The first-order chi connectivity index (χ1) is 27.8. The first-order valence-electron chi connectivity index (χ1n) is 17.0. The number of rotatable bonds is 11. The van der Waals surface area contributed by atoms with Crippen molar-refractivity contribution in [3.8, 4) is 23.0 Å². The Bertz CT molecular complexity index is 2360. The van der Waals surface area contributed by atoms with Gasteiger partial charge in [-0.1, -0.05) is 72.3 Å². The van der Waals surface area contributed by atoms with Gasteiger partial charge in [0, 0.05) is 48.5 Å². The molecule has 2 aromatic heterocycles. The summed E-state index contributed by atoms with van der Waals surface area (Å²) in [4.78, 5) is 47.2. The molecule has 0 atom stereocenters.